The Morgan fingerprint density at radius 2 is 2.24 bits per heavy atom. The molecule has 6 heteroatoms. The molecule has 5 nitrogen and oxygen atoms in total. The largest absolute Gasteiger partial charge is 0.452 e. The molecule has 0 amide bonds. The Hall–Kier alpha value is -1.33. The van der Waals surface area contributed by atoms with E-state index in [-0.39, 0.29) is 5.22 Å². The first-order valence-corrected chi connectivity index (χ1v) is 5.95. The van der Waals surface area contributed by atoms with Crippen LogP contribution in [0.1, 0.15) is 19.2 Å². The average molecular weight is 256 g/mol. The number of halogens is 1. The van der Waals surface area contributed by atoms with Crippen LogP contribution in [0, 0.1) is 0 Å². The van der Waals surface area contributed by atoms with Crippen molar-refractivity contribution in [2.45, 2.75) is 19.8 Å². The molecule has 0 saturated heterocycles. The number of rotatable bonds is 6. The van der Waals surface area contributed by atoms with E-state index in [4.69, 9.17) is 20.4 Å². The third kappa shape index (κ3) is 3.08. The number of aromatic nitrogens is 2. The monoisotopic (exact) mass is 255 g/mol. The molecule has 2 aromatic heterocycles. The lowest BCUT2D eigenvalue weighted by Gasteiger charge is -1.98. The number of nitrogens with zero attached hydrogens (tertiary/aromatic N) is 2. The minimum Gasteiger partial charge on any atom is -0.452 e. The molecule has 0 aromatic carbocycles. The first-order chi connectivity index (χ1) is 8.31. The molecule has 0 spiro atoms. The standard InChI is InChI=1S/C11H14ClN3O2/c1-2-5-13-6-3-9-14-15-11(17-9)8-4-7-16-10(8)12/h4,7,13H,2-3,5-6H2,1H3. The predicted octanol–water partition coefficient (Wildman–Crippen LogP) is 2.53. The highest BCUT2D eigenvalue weighted by Gasteiger charge is 2.13. The summed E-state index contributed by atoms with van der Waals surface area (Å²) in [5.74, 6) is 0.995. The van der Waals surface area contributed by atoms with E-state index in [1.165, 1.54) is 6.26 Å². The summed E-state index contributed by atoms with van der Waals surface area (Å²) in [5.41, 5.74) is 0.631. The van der Waals surface area contributed by atoms with Crippen LogP contribution in [0.3, 0.4) is 0 Å². The van der Waals surface area contributed by atoms with E-state index in [1.54, 1.807) is 6.07 Å². The number of nitrogens with one attached hydrogen (secondary N) is 1. The van der Waals surface area contributed by atoms with Crippen LogP contribution in [0.4, 0.5) is 0 Å². The van der Waals surface area contributed by atoms with Crippen molar-refractivity contribution in [3.63, 3.8) is 0 Å². The summed E-state index contributed by atoms with van der Waals surface area (Å²) < 4.78 is 10.4. The number of hydrogen-bond donors (Lipinski definition) is 1. The Bertz CT molecular complexity index is 467. The smallest absolute Gasteiger partial charge is 0.252 e. The van der Waals surface area contributed by atoms with Crippen molar-refractivity contribution < 1.29 is 8.83 Å². The zero-order valence-electron chi connectivity index (χ0n) is 9.57. The lowest BCUT2D eigenvalue weighted by Crippen LogP contribution is -2.17. The minimum atomic E-state index is 0.268. The van der Waals surface area contributed by atoms with Gasteiger partial charge in [-0.1, -0.05) is 6.92 Å². The Morgan fingerprint density at radius 1 is 1.35 bits per heavy atom. The van der Waals surface area contributed by atoms with Crippen LogP contribution in [0.25, 0.3) is 11.5 Å². The van der Waals surface area contributed by atoms with Gasteiger partial charge in [0.2, 0.25) is 11.1 Å². The van der Waals surface area contributed by atoms with Crippen molar-refractivity contribution in [1.82, 2.24) is 15.5 Å². The van der Waals surface area contributed by atoms with Crippen LogP contribution in [0.2, 0.25) is 5.22 Å². The maximum atomic E-state index is 5.82. The molecular formula is C11H14ClN3O2. The highest BCUT2D eigenvalue weighted by Crippen LogP contribution is 2.27. The fraction of sp³-hybridized carbons (Fsp3) is 0.455. The third-order valence-corrected chi connectivity index (χ3v) is 2.55. The maximum absolute atomic E-state index is 5.82. The molecule has 0 aliphatic heterocycles. The van der Waals surface area contributed by atoms with Gasteiger partial charge in [0.05, 0.1) is 11.8 Å². The van der Waals surface area contributed by atoms with Gasteiger partial charge < -0.3 is 14.2 Å². The molecule has 17 heavy (non-hydrogen) atoms. The summed E-state index contributed by atoms with van der Waals surface area (Å²) in [7, 11) is 0. The molecule has 0 unspecified atom stereocenters. The van der Waals surface area contributed by atoms with Crippen molar-refractivity contribution >= 4 is 11.6 Å². The van der Waals surface area contributed by atoms with Crippen LogP contribution in [0.5, 0.6) is 0 Å². The lowest BCUT2D eigenvalue weighted by molar-refractivity contribution is 0.493. The molecule has 2 rings (SSSR count). The Balaban J connectivity index is 1.95. The fourth-order valence-corrected chi connectivity index (χ4v) is 1.60. The Morgan fingerprint density at radius 3 is 2.94 bits per heavy atom. The highest BCUT2D eigenvalue weighted by molar-refractivity contribution is 6.31. The second-order valence-electron chi connectivity index (χ2n) is 3.61. The van der Waals surface area contributed by atoms with Gasteiger partial charge in [0.25, 0.3) is 5.89 Å². The van der Waals surface area contributed by atoms with Crippen LogP contribution >= 0.6 is 11.6 Å². The van der Waals surface area contributed by atoms with Crippen molar-refractivity contribution in [1.29, 1.82) is 0 Å². The van der Waals surface area contributed by atoms with Crippen LogP contribution < -0.4 is 5.32 Å². The molecule has 0 atom stereocenters. The van der Waals surface area contributed by atoms with Crippen LogP contribution in [-0.4, -0.2) is 23.3 Å². The van der Waals surface area contributed by atoms with Crippen LogP contribution in [0.15, 0.2) is 21.2 Å². The Labute approximate surface area is 104 Å². The molecule has 2 aromatic rings. The van der Waals surface area contributed by atoms with Crippen molar-refractivity contribution in [2.75, 3.05) is 13.1 Å². The number of hydrogen-bond acceptors (Lipinski definition) is 5. The lowest BCUT2D eigenvalue weighted by atomic mass is 10.3. The quantitative estimate of drug-likeness (QED) is 0.804. The zero-order chi connectivity index (χ0) is 12.1. The number of furan rings is 1. The van der Waals surface area contributed by atoms with Gasteiger partial charge in [0, 0.05) is 13.0 Å². The molecular weight excluding hydrogens is 242 g/mol. The Kier molecular flexibility index (Phi) is 4.17. The van der Waals surface area contributed by atoms with Crippen molar-refractivity contribution in [3.8, 4) is 11.5 Å². The van der Waals surface area contributed by atoms with Gasteiger partial charge in [0.15, 0.2) is 0 Å². The third-order valence-electron chi connectivity index (χ3n) is 2.26. The van der Waals surface area contributed by atoms with E-state index in [9.17, 15) is 0 Å². The second-order valence-corrected chi connectivity index (χ2v) is 3.95. The van der Waals surface area contributed by atoms with Crippen molar-refractivity contribution in [3.05, 3.63) is 23.4 Å². The van der Waals surface area contributed by atoms with Gasteiger partial charge in [0.1, 0.15) is 0 Å². The van der Waals surface area contributed by atoms with Gasteiger partial charge >= 0.3 is 0 Å². The van der Waals surface area contributed by atoms with E-state index in [0.717, 1.165) is 19.5 Å². The van der Waals surface area contributed by atoms with Gasteiger partial charge in [-0.2, -0.15) is 0 Å². The minimum absolute atomic E-state index is 0.268. The SMILES string of the molecule is CCCNCCc1nnc(-c2ccoc2Cl)o1. The van der Waals surface area contributed by atoms with Crippen molar-refractivity contribution in [2.24, 2.45) is 0 Å². The molecule has 0 fully saturated rings. The van der Waals surface area contributed by atoms with Gasteiger partial charge in [-0.05, 0) is 30.6 Å². The average Bonchev–Trinajstić information content (AvgIpc) is 2.93. The molecule has 1 N–H and O–H groups in total. The maximum Gasteiger partial charge on any atom is 0.252 e. The van der Waals surface area contributed by atoms with E-state index in [1.807, 2.05) is 0 Å². The zero-order valence-corrected chi connectivity index (χ0v) is 10.3. The molecule has 0 radical (unpaired) electrons. The van der Waals surface area contributed by atoms with Gasteiger partial charge in [-0.25, -0.2) is 0 Å². The van der Waals surface area contributed by atoms with E-state index >= 15 is 0 Å². The summed E-state index contributed by atoms with van der Waals surface area (Å²) in [6.07, 6.45) is 3.31. The topological polar surface area (TPSA) is 64.1 Å². The first kappa shape index (κ1) is 12.1. The molecule has 0 aliphatic rings. The fourth-order valence-electron chi connectivity index (χ4n) is 1.41. The summed E-state index contributed by atoms with van der Waals surface area (Å²) in [6.45, 7) is 3.95. The molecule has 0 bridgehead atoms. The molecule has 0 saturated carbocycles. The molecule has 2 heterocycles. The first-order valence-electron chi connectivity index (χ1n) is 5.57. The summed E-state index contributed by atoms with van der Waals surface area (Å²) in [6, 6.07) is 1.70. The van der Waals surface area contributed by atoms with Gasteiger partial charge in [-0.15, -0.1) is 10.2 Å². The van der Waals surface area contributed by atoms with Crippen LogP contribution in [-0.2, 0) is 6.42 Å². The van der Waals surface area contributed by atoms with E-state index in [0.29, 0.717) is 23.8 Å². The second kappa shape index (κ2) is 5.84. The molecule has 92 valence electrons. The summed E-state index contributed by atoms with van der Waals surface area (Å²) in [5, 5.41) is 11.4. The normalized spacial score (nSPS) is 10.9. The van der Waals surface area contributed by atoms with Gasteiger partial charge in [-0.3, -0.25) is 0 Å². The predicted molar refractivity (Wildman–Crippen MR) is 63.9 cm³/mol. The molecule has 0 aliphatic carbocycles. The van der Waals surface area contributed by atoms with E-state index < -0.39 is 0 Å². The highest BCUT2D eigenvalue weighted by atomic mass is 35.5. The summed E-state index contributed by atoms with van der Waals surface area (Å²) in [4.78, 5) is 0. The van der Waals surface area contributed by atoms with E-state index in [2.05, 4.69) is 22.4 Å². The summed E-state index contributed by atoms with van der Waals surface area (Å²) >= 11 is 5.82.